The molecule has 0 amide bonds. The molecular formula is C26H30O8S. The lowest BCUT2D eigenvalue weighted by Crippen LogP contribution is -2.57. The van der Waals surface area contributed by atoms with Crippen LogP contribution in [-0.4, -0.2) is 53.0 Å². The molecule has 0 bridgehead atoms. The average molecular weight is 503 g/mol. The Balaban J connectivity index is 2.03. The van der Waals surface area contributed by atoms with E-state index >= 15 is 0 Å². The fourth-order valence-electron chi connectivity index (χ4n) is 4.12. The number of hydrogen-bond acceptors (Lipinski definition) is 9. The second-order valence-electron chi connectivity index (χ2n) is 8.41. The number of aryl methyl sites for hydroxylation is 1. The Morgan fingerprint density at radius 3 is 2.03 bits per heavy atom. The Hall–Kier alpha value is -3.04. The fourth-order valence-corrected chi connectivity index (χ4v) is 4.83. The van der Waals surface area contributed by atoms with Gasteiger partial charge in [-0.3, -0.25) is 14.4 Å². The summed E-state index contributed by atoms with van der Waals surface area (Å²) in [5.41, 5.74) is 3.15. The molecule has 1 aliphatic heterocycles. The van der Waals surface area contributed by atoms with E-state index in [2.05, 4.69) is 0 Å². The quantitative estimate of drug-likeness (QED) is 0.446. The molecule has 1 heterocycles. The number of hydrogen-bond donors (Lipinski definition) is 1. The van der Waals surface area contributed by atoms with Crippen LogP contribution in [0.4, 0.5) is 0 Å². The van der Waals surface area contributed by atoms with Crippen molar-refractivity contribution < 1.29 is 38.4 Å². The van der Waals surface area contributed by atoms with Gasteiger partial charge in [0, 0.05) is 20.8 Å². The molecule has 1 aliphatic rings. The second-order valence-corrected chi connectivity index (χ2v) is 9.35. The Morgan fingerprint density at radius 2 is 1.46 bits per heavy atom. The summed E-state index contributed by atoms with van der Waals surface area (Å²) in [5.74, 6) is -1.55. The topological polar surface area (TPSA) is 108 Å². The van der Waals surface area contributed by atoms with Crippen molar-refractivity contribution in [2.45, 2.75) is 64.0 Å². The minimum Gasteiger partial charge on any atom is -0.508 e. The van der Waals surface area contributed by atoms with E-state index in [-0.39, 0.29) is 5.75 Å². The molecule has 188 valence electrons. The van der Waals surface area contributed by atoms with E-state index < -0.39 is 47.8 Å². The number of rotatable bonds is 7. The van der Waals surface area contributed by atoms with Crippen molar-refractivity contribution in [3.8, 4) is 5.75 Å². The van der Waals surface area contributed by atoms with Gasteiger partial charge >= 0.3 is 17.9 Å². The molecule has 35 heavy (non-hydrogen) atoms. The Bertz CT molecular complexity index is 1070. The van der Waals surface area contributed by atoms with Gasteiger partial charge in [-0.1, -0.05) is 30.3 Å². The molecule has 0 aliphatic carbocycles. The van der Waals surface area contributed by atoms with Gasteiger partial charge in [0.15, 0.2) is 18.3 Å². The van der Waals surface area contributed by atoms with Crippen LogP contribution in [0.15, 0.2) is 42.5 Å². The maximum absolute atomic E-state index is 12.0. The van der Waals surface area contributed by atoms with E-state index in [1.54, 1.807) is 18.4 Å². The number of carbonyl (C=O) groups is 3. The third kappa shape index (κ3) is 6.76. The van der Waals surface area contributed by atoms with Gasteiger partial charge in [0.25, 0.3) is 0 Å². The summed E-state index contributed by atoms with van der Waals surface area (Å²) in [6, 6.07) is 12.8. The summed E-state index contributed by atoms with van der Waals surface area (Å²) in [6.45, 7) is 5.75. The van der Waals surface area contributed by atoms with Gasteiger partial charge < -0.3 is 24.1 Å². The molecule has 1 N–H and O–H groups in total. The van der Waals surface area contributed by atoms with Crippen LogP contribution in [0.1, 0.15) is 49.1 Å². The zero-order valence-electron chi connectivity index (χ0n) is 20.3. The van der Waals surface area contributed by atoms with Crippen molar-refractivity contribution in [3.63, 3.8) is 0 Å². The molecule has 8 nitrogen and oxygen atoms in total. The number of esters is 3. The fraction of sp³-hybridized carbons (Fsp3) is 0.423. The Kier molecular flexibility index (Phi) is 8.80. The highest BCUT2D eigenvalue weighted by molar-refractivity contribution is 7.99. The van der Waals surface area contributed by atoms with E-state index in [1.807, 2.05) is 37.3 Å². The molecular weight excluding hydrogens is 472 g/mol. The summed E-state index contributed by atoms with van der Waals surface area (Å²) in [7, 11) is 0. The van der Waals surface area contributed by atoms with Gasteiger partial charge in [0.1, 0.15) is 17.3 Å². The molecule has 2 aromatic carbocycles. The van der Waals surface area contributed by atoms with Crippen LogP contribution in [0, 0.1) is 6.92 Å². The lowest BCUT2D eigenvalue weighted by molar-refractivity contribution is -0.233. The first kappa shape index (κ1) is 26.6. The summed E-state index contributed by atoms with van der Waals surface area (Å²) >= 11 is 1.30. The van der Waals surface area contributed by atoms with E-state index in [9.17, 15) is 19.5 Å². The van der Waals surface area contributed by atoms with Crippen molar-refractivity contribution in [2.75, 3.05) is 6.26 Å². The molecule has 3 rings (SSSR count). The first-order valence-electron chi connectivity index (χ1n) is 11.2. The zero-order chi connectivity index (χ0) is 25.7. The SMILES string of the molecule is CSC1OC(c2ccc(C)c(Cc3ccc(O)cc3)c2)C(OC(C)=O)C(OC(C)=O)C1OC(C)=O. The van der Waals surface area contributed by atoms with Gasteiger partial charge in [-0.15, -0.1) is 11.8 Å². The summed E-state index contributed by atoms with van der Waals surface area (Å²) in [4.78, 5) is 35.8. The highest BCUT2D eigenvalue weighted by Gasteiger charge is 2.52. The first-order chi connectivity index (χ1) is 16.6. The highest BCUT2D eigenvalue weighted by atomic mass is 32.2. The van der Waals surface area contributed by atoms with Gasteiger partial charge in [-0.2, -0.15) is 0 Å². The van der Waals surface area contributed by atoms with Crippen LogP contribution in [-0.2, 0) is 39.8 Å². The minimum absolute atomic E-state index is 0.195. The second kappa shape index (κ2) is 11.6. The van der Waals surface area contributed by atoms with Crippen LogP contribution in [0.5, 0.6) is 5.75 Å². The van der Waals surface area contributed by atoms with Crippen molar-refractivity contribution in [1.82, 2.24) is 0 Å². The van der Waals surface area contributed by atoms with Crippen molar-refractivity contribution in [1.29, 1.82) is 0 Å². The van der Waals surface area contributed by atoms with Gasteiger partial charge in [0.05, 0.1) is 0 Å². The largest absolute Gasteiger partial charge is 0.508 e. The molecule has 1 saturated heterocycles. The lowest BCUT2D eigenvalue weighted by atomic mass is 9.90. The van der Waals surface area contributed by atoms with E-state index in [0.29, 0.717) is 6.42 Å². The standard InChI is InChI=1S/C26H30O8S/c1-14-6-9-19(13-20(14)12-18-7-10-21(30)11-8-18)22-23(31-15(2)27)24(32-16(3)28)25(33-17(4)29)26(34-22)35-5/h6-11,13,22-26,30H,12H2,1-5H3. The maximum atomic E-state index is 12.0. The first-order valence-corrected chi connectivity index (χ1v) is 12.4. The molecule has 1 fully saturated rings. The van der Waals surface area contributed by atoms with E-state index in [0.717, 1.165) is 22.3 Å². The average Bonchev–Trinajstić information content (AvgIpc) is 2.78. The van der Waals surface area contributed by atoms with Crippen molar-refractivity contribution in [2.24, 2.45) is 0 Å². The molecule has 0 spiro atoms. The van der Waals surface area contributed by atoms with E-state index in [4.69, 9.17) is 18.9 Å². The number of thioether (sulfide) groups is 1. The predicted molar refractivity (Wildman–Crippen MR) is 130 cm³/mol. The molecule has 0 radical (unpaired) electrons. The molecule has 0 saturated carbocycles. The van der Waals surface area contributed by atoms with Crippen LogP contribution >= 0.6 is 11.8 Å². The zero-order valence-corrected chi connectivity index (χ0v) is 21.2. The van der Waals surface area contributed by atoms with Crippen molar-refractivity contribution >= 4 is 29.7 Å². The Morgan fingerprint density at radius 1 is 0.886 bits per heavy atom. The van der Waals surface area contributed by atoms with Crippen molar-refractivity contribution in [3.05, 3.63) is 64.7 Å². The number of carbonyl (C=O) groups excluding carboxylic acids is 3. The number of benzene rings is 2. The highest BCUT2D eigenvalue weighted by Crippen LogP contribution is 2.40. The van der Waals surface area contributed by atoms with Gasteiger partial charge in [0.2, 0.25) is 0 Å². The Labute approximate surface area is 208 Å². The number of phenols is 1. The van der Waals surface area contributed by atoms with Crippen LogP contribution in [0.3, 0.4) is 0 Å². The van der Waals surface area contributed by atoms with Gasteiger partial charge in [-0.05, 0) is 54.0 Å². The monoisotopic (exact) mass is 502 g/mol. The smallest absolute Gasteiger partial charge is 0.303 e. The third-order valence-electron chi connectivity index (χ3n) is 5.67. The minimum atomic E-state index is -1.06. The lowest BCUT2D eigenvalue weighted by Gasteiger charge is -2.44. The number of aromatic hydroxyl groups is 1. The van der Waals surface area contributed by atoms with Gasteiger partial charge in [-0.25, -0.2) is 0 Å². The predicted octanol–water partition coefficient (Wildman–Crippen LogP) is 3.85. The molecule has 2 aromatic rings. The number of phenolic OH excluding ortho intramolecular Hbond substituents is 1. The summed E-state index contributed by atoms with van der Waals surface area (Å²) in [6.07, 6.45) is -1.42. The van der Waals surface area contributed by atoms with Crippen LogP contribution in [0.25, 0.3) is 0 Å². The van der Waals surface area contributed by atoms with Crippen LogP contribution < -0.4 is 0 Å². The van der Waals surface area contributed by atoms with Crippen LogP contribution in [0.2, 0.25) is 0 Å². The third-order valence-corrected chi connectivity index (χ3v) is 6.51. The molecule has 0 aromatic heterocycles. The number of ether oxygens (including phenoxy) is 4. The normalized spacial score (nSPS) is 23.9. The molecule has 5 atom stereocenters. The van der Waals surface area contributed by atoms with E-state index in [1.165, 1.54) is 32.5 Å². The molecule has 9 heteroatoms. The molecule has 5 unspecified atom stereocenters. The maximum Gasteiger partial charge on any atom is 0.303 e. The summed E-state index contributed by atoms with van der Waals surface area (Å²) in [5, 5.41) is 9.58. The summed E-state index contributed by atoms with van der Waals surface area (Å²) < 4.78 is 22.9.